The summed E-state index contributed by atoms with van der Waals surface area (Å²) in [6.45, 7) is 0.322. The molecule has 228 valence electrons. The molecule has 1 atom stereocenters. The molecule has 4 aromatic carbocycles. The molecular formula is C34H35N3O6S. The van der Waals surface area contributed by atoms with Crippen molar-refractivity contribution in [1.29, 1.82) is 0 Å². The predicted octanol–water partition coefficient (Wildman–Crippen LogP) is 4.28. The summed E-state index contributed by atoms with van der Waals surface area (Å²) < 4.78 is 40.5. The molecule has 1 aliphatic rings. The van der Waals surface area contributed by atoms with E-state index in [0.717, 1.165) is 26.6 Å². The van der Waals surface area contributed by atoms with Crippen LogP contribution in [0.25, 0.3) is 0 Å². The highest BCUT2D eigenvalue weighted by molar-refractivity contribution is 7.87. The van der Waals surface area contributed by atoms with Gasteiger partial charge in [0.25, 0.3) is 5.91 Å². The Labute approximate surface area is 258 Å². The van der Waals surface area contributed by atoms with Crippen molar-refractivity contribution in [1.82, 2.24) is 13.9 Å². The molecular weight excluding hydrogens is 578 g/mol. The number of hydrogen-bond acceptors (Lipinski definition) is 6. The standard InChI is InChI=1S/C34H35N3O6S/c1-36(2)44(40,41)35-33(38)29-21-28-27(19-20-30(42-3)32(28)43-23-24-13-7-4-8-14-24)22-37(29)34(39)31(25-15-9-5-10-16-25)26-17-11-6-12-18-26/h4-20,29,31H,21-23H2,1-3H3,(H,35,38)/t29-/m0/s1. The van der Waals surface area contributed by atoms with E-state index in [1.165, 1.54) is 26.1 Å². The van der Waals surface area contributed by atoms with Gasteiger partial charge in [-0.2, -0.15) is 12.7 Å². The van der Waals surface area contributed by atoms with Gasteiger partial charge < -0.3 is 14.4 Å². The maximum atomic E-state index is 14.6. The Bertz CT molecular complexity index is 1670. The van der Waals surface area contributed by atoms with E-state index in [1.807, 2.05) is 97.1 Å². The molecule has 0 unspecified atom stereocenters. The van der Waals surface area contributed by atoms with Crippen LogP contribution in [0.15, 0.2) is 103 Å². The topological polar surface area (TPSA) is 105 Å². The average molecular weight is 614 g/mol. The number of ether oxygens (including phenoxy) is 2. The van der Waals surface area contributed by atoms with E-state index < -0.39 is 28.1 Å². The van der Waals surface area contributed by atoms with Crippen molar-refractivity contribution >= 4 is 22.0 Å². The second-order valence-electron chi connectivity index (χ2n) is 10.7. The van der Waals surface area contributed by atoms with Gasteiger partial charge in [-0.05, 0) is 28.3 Å². The molecule has 0 fully saturated rings. The number of fused-ring (bicyclic) bond motifs is 1. The van der Waals surface area contributed by atoms with E-state index in [4.69, 9.17) is 9.47 Å². The van der Waals surface area contributed by atoms with Gasteiger partial charge in [0.2, 0.25) is 5.91 Å². The summed E-state index contributed by atoms with van der Waals surface area (Å²) in [6.07, 6.45) is 0.0213. The molecule has 0 aliphatic carbocycles. The highest BCUT2D eigenvalue weighted by Crippen LogP contribution is 2.40. The van der Waals surface area contributed by atoms with Crippen molar-refractivity contribution in [3.63, 3.8) is 0 Å². The van der Waals surface area contributed by atoms with E-state index >= 15 is 0 Å². The lowest BCUT2D eigenvalue weighted by Crippen LogP contribution is -2.55. The maximum absolute atomic E-state index is 14.6. The van der Waals surface area contributed by atoms with Gasteiger partial charge in [0.15, 0.2) is 11.5 Å². The first kappa shape index (κ1) is 30.8. The quantitative estimate of drug-likeness (QED) is 0.286. The van der Waals surface area contributed by atoms with E-state index in [1.54, 1.807) is 6.07 Å². The maximum Gasteiger partial charge on any atom is 0.303 e. The molecule has 5 rings (SSSR count). The number of amides is 2. The van der Waals surface area contributed by atoms with E-state index in [2.05, 4.69) is 4.72 Å². The first-order valence-electron chi connectivity index (χ1n) is 14.2. The Morgan fingerprint density at radius 1 is 0.886 bits per heavy atom. The summed E-state index contributed by atoms with van der Waals surface area (Å²) >= 11 is 0. The minimum absolute atomic E-state index is 0.0213. The van der Waals surface area contributed by atoms with Crippen LogP contribution in [0.5, 0.6) is 11.5 Å². The lowest BCUT2D eigenvalue weighted by molar-refractivity contribution is -0.141. The molecule has 0 saturated heterocycles. The van der Waals surface area contributed by atoms with Crippen LogP contribution < -0.4 is 14.2 Å². The van der Waals surface area contributed by atoms with Crippen molar-refractivity contribution in [3.05, 3.63) is 131 Å². The molecule has 2 amide bonds. The highest BCUT2D eigenvalue weighted by Gasteiger charge is 2.41. The van der Waals surface area contributed by atoms with Gasteiger partial charge in [0.1, 0.15) is 12.6 Å². The Morgan fingerprint density at radius 3 is 2.00 bits per heavy atom. The minimum atomic E-state index is -4.13. The van der Waals surface area contributed by atoms with E-state index in [0.29, 0.717) is 17.1 Å². The number of methoxy groups -OCH3 is 1. The zero-order valence-corrected chi connectivity index (χ0v) is 25.7. The number of carbonyl (C=O) groups excluding carboxylic acids is 2. The van der Waals surface area contributed by atoms with Crippen molar-refractivity contribution in [2.45, 2.75) is 31.5 Å². The number of carbonyl (C=O) groups is 2. The Kier molecular flexibility index (Phi) is 9.32. The number of nitrogens with zero attached hydrogens (tertiary/aromatic N) is 2. The summed E-state index contributed by atoms with van der Waals surface area (Å²) in [5.41, 5.74) is 3.93. The number of nitrogens with one attached hydrogen (secondary N) is 1. The molecule has 0 saturated carbocycles. The van der Waals surface area contributed by atoms with Crippen LogP contribution in [0.2, 0.25) is 0 Å². The molecule has 9 nitrogen and oxygen atoms in total. The monoisotopic (exact) mass is 613 g/mol. The lowest BCUT2D eigenvalue weighted by Gasteiger charge is -2.39. The summed E-state index contributed by atoms with van der Waals surface area (Å²) in [5, 5.41) is 0. The van der Waals surface area contributed by atoms with Gasteiger partial charge in [0, 0.05) is 32.6 Å². The number of rotatable bonds is 10. The minimum Gasteiger partial charge on any atom is -0.493 e. The molecule has 0 spiro atoms. The van der Waals surface area contributed by atoms with Crippen LogP contribution in [0.3, 0.4) is 0 Å². The smallest absolute Gasteiger partial charge is 0.303 e. The second-order valence-corrected chi connectivity index (χ2v) is 12.6. The molecule has 0 aromatic heterocycles. The lowest BCUT2D eigenvalue weighted by atomic mass is 9.86. The first-order chi connectivity index (χ1) is 21.2. The second kappa shape index (κ2) is 13.3. The van der Waals surface area contributed by atoms with Gasteiger partial charge in [-0.3, -0.25) is 9.59 Å². The van der Waals surface area contributed by atoms with Crippen LogP contribution in [-0.2, 0) is 39.4 Å². The molecule has 10 heteroatoms. The van der Waals surface area contributed by atoms with Crippen molar-refractivity contribution < 1.29 is 27.5 Å². The molecule has 1 N–H and O–H groups in total. The molecule has 1 aliphatic heterocycles. The molecule has 0 bridgehead atoms. The summed E-state index contributed by atoms with van der Waals surface area (Å²) in [4.78, 5) is 29.8. The van der Waals surface area contributed by atoms with Gasteiger partial charge in [-0.15, -0.1) is 0 Å². The molecule has 0 radical (unpaired) electrons. The van der Waals surface area contributed by atoms with Crippen LogP contribution in [0.1, 0.15) is 33.7 Å². The Hall–Kier alpha value is -4.67. The zero-order valence-electron chi connectivity index (χ0n) is 24.8. The normalized spacial score (nSPS) is 14.7. The van der Waals surface area contributed by atoms with Gasteiger partial charge in [-0.1, -0.05) is 97.1 Å². The molecule has 1 heterocycles. The average Bonchev–Trinajstić information content (AvgIpc) is 3.04. The molecule has 4 aromatic rings. The van der Waals surface area contributed by atoms with Crippen molar-refractivity contribution in [3.8, 4) is 11.5 Å². The van der Waals surface area contributed by atoms with Crippen molar-refractivity contribution in [2.75, 3.05) is 21.2 Å². The van der Waals surface area contributed by atoms with Gasteiger partial charge >= 0.3 is 10.2 Å². The largest absolute Gasteiger partial charge is 0.493 e. The first-order valence-corrected chi connectivity index (χ1v) is 15.6. The third-order valence-corrected chi connectivity index (χ3v) is 9.11. The van der Waals surface area contributed by atoms with E-state index in [9.17, 15) is 18.0 Å². The summed E-state index contributed by atoms with van der Waals surface area (Å²) in [7, 11) is 0.0671. The highest BCUT2D eigenvalue weighted by atomic mass is 32.2. The number of hydrogen-bond donors (Lipinski definition) is 1. The van der Waals surface area contributed by atoms with Gasteiger partial charge in [0.05, 0.1) is 13.0 Å². The third-order valence-electron chi connectivity index (χ3n) is 7.69. The summed E-state index contributed by atoms with van der Waals surface area (Å²) in [6, 6.07) is 30.8. The third kappa shape index (κ3) is 6.61. The van der Waals surface area contributed by atoms with Gasteiger partial charge in [-0.25, -0.2) is 4.72 Å². The zero-order chi connectivity index (χ0) is 31.3. The van der Waals surface area contributed by atoms with Crippen LogP contribution in [0.4, 0.5) is 0 Å². The summed E-state index contributed by atoms with van der Waals surface area (Å²) in [5.74, 6) is -0.915. The van der Waals surface area contributed by atoms with Crippen LogP contribution >= 0.6 is 0 Å². The number of benzene rings is 4. The molecule has 44 heavy (non-hydrogen) atoms. The predicted molar refractivity (Wildman–Crippen MR) is 167 cm³/mol. The van der Waals surface area contributed by atoms with Crippen LogP contribution in [-0.4, -0.2) is 56.7 Å². The Morgan fingerprint density at radius 2 is 1.45 bits per heavy atom. The fourth-order valence-electron chi connectivity index (χ4n) is 5.35. The fraction of sp³-hybridized carbons (Fsp3) is 0.235. The van der Waals surface area contributed by atoms with Crippen LogP contribution in [0, 0.1) is 0 Å². The Balaban J connectivity index is 1.58. The van der Waals surface area contributed by atoms with Crippen molar-refractivity contribution in [2.24, 2.45) is 0 Å². The SMILES string of the molecule is COc1ccc2c(c1OCc1ccccc1)C[C@@H](C(=O)NS(=O)(=O)N(C)C)N(C(=O)C(c1ccccc1)c1ccccc1)C2. The fourth-order valence-corrected chi connectivity index (χ4v) is 5.92. The van der Waals surface area contributed by atoms with E-state index in [-0.39, 0.29) is 25.5 Å².